The minimum atomic E-state index is 0.213. The van der Waals surface area contributed by atoms with Crippen LogP contribution in [0.1, 0.15) is 4.88 Å². The first kappa shape index (κ1) is 10.6. The van der Waals surface area contributed by atoms with Gasteiger partial charge < -0.3 is 4.90 Å². The second-order valence-corrected chi connectivity index (χ2v) is 4.71. The lowest BCUT2D eigenvalue weighted by Gasteiger charge is -2.31. The van der Waals surface area contributed by atoms with Crippen LogP contribution >= 0.6 is 11.3 Å². The molecule has 0 aliphatic carbocycles. The van der Waals surface area contributed by atoms with Crippen molar-refractivity contribution in [1.29, 1.82) is 0 Å². The van der Waals surface area contributed by atoms with Crippen molar-refractivity contribution in [2.45, 2.75) is 6.42 Å². The monoisotopic (exact) mass is 225 g/mol. The Labute approximate surface area is 93.2 Å². The van der Waals surface area contributed by atoms with E-state index in [2.05, 4.69) is 0 Å². The summed E-state index contributed by atoms with van der Waals surface area (Å²) in [6.45, 7) is 3.05. The van der Waals surface area contributed by atoms with Crippen LogP contribution in [0.25, 0.3) is 0 Å². The number of nitrogens with two attached hydrogens (primary N) is 1. The maximum Gasteiger partial charge on any atom is 0.227 e. The lowest BCUT2D eigenvalue weighted by Crippen LogP contribution is -2.51. The predicted molar refractivity (Wildman–Crippen MR) is 60.4 cm³/mol. The number of hydrogen-bond donors (Lipinski definition) is 1. The average Bonchev–Trinajstić information content (AvgIpc) is 2.71. The average molecular weight is 225 g/mol. The van der Waals surface area contributed by atoms with Gasteiger partial charge in [0.1, 0.15) is 0 Å². The fraction of sp³-hybridized carbons (Fsp3) is 0.500. The summed E-state index contributed by atoms with van der Waals surface area (Å²) in [5.74, 6) is 5.84. The number of rotatable bonds is 2. The first-order valence-corrected chi connectivity index (χ1v) is 5.93. The Bertz CT molecular complexity index is 317. The molecule has 1 saturated heterocycles. The van der Waals surface area contributed by atoms with Crippen molar-refractivity contribution in [1.82, 2.24) is 9.91 Å². The predicted octanol–water partition coefficient (Wildman–Crippen LogP) is 0.309. The molecule has 1 aliphatic rings. The zero-order valence-corrected chi connectivity index (χ0v) is 9.37. The van der Waals surface area contributed by atoms with Gasteiger partial charge in [0.2, 0.25) is 5.91 Å². The normalized spacial score (nSPS) is 18.1. The van der Waals surface area contributed by atoms with E-state index in [0.717, 1.165) is 31.1 Å². The van der Waals surface area contributed by atoms with Crippen molar-refractivity contribution in [3.05, 3.63) is 22.4 Å². The molecule has 1 aromatic rings. The molecule has 2 heterocycles. The Balaban J connectivity index is 1.86. The van der Waals surface area contributed by atoms with Crippen LogP contribution in [0.2, 0.25) is 0 Å². The Morgan fingerprint density at radius 3 is 2.73 bits per heavy atom. The second kappa shape index (κ2) is 4.74. The molecule has 0 aromatic carbocycles. The molecule has 2 N–H and O–H groups in total. The Morgan fingerprint density at radius 2 is 2.13 bits per heavy atom. The van der Waals surface area contributed by atoms with E-state index in [0.29, 0.717) is 6.42 Å². The van der Waals surface area contributed by atoms with E-state index in [1.165, 1.54) is 0 Å². The van der Waals surface area contributed by atoms with Crippen LogP contribution in [0.3, 0.4) is 0 Å². The summed E-state index contributed by atoms with van der Waals surface area (Å²) in [6.07, 6.45) is 0.530. The third kappa shape index (κ3) is 2.77. The SMILES string of the molecule is NN1CCN(C(=O)Cc2cccs2)CC1. The fourth-order valence-electron chi connectivity index (χ4n) is 1.65. The van der Waals surface area contributed by atoms with E-state index in [4.69, 9.17) is 5.84 Å². The third-order valence-corrected chi connectivity index (χ3v) is 3.45. The summed E-state index contributed by atoms with van der Waals surface area (Å²) in [5.41, 5.74) is 0. The quantitative estimate of drug-likeness (QED) is 0.737. The van der Waals surface area contributed by atoms with Crippen LogP contribution in [-0.2, 0) is 11.2 Å². The molecule has 2 rings (SSSR count). The van der Waals surface area contributed by atoms with E-state index in [1.807, 2.05) is 22.4 Å². The third-order valence-electron chi connectivity index (χ3n) is 2.57. The Hall–Kier alpha value is -0.910. The van der Waals surface area contributed by atoms with E-state index >= 15 is 0 Å². The summed E-state index contributed by atoms with van der Waals surface area (Å²) in [5, 5.41) is 3.76. The van der Waals surface area contributed by atoms with Crippen molar-refractivity contribution < 1.29 is 4.79 Å². The van der Waals surface area contributed by atoms with Crippen LogP contribution in [0.15, 0.2) is 17.5 Å². The molecule has 0 unspecified atom stereocenters. The molecule has 15 heavy (non-hydrogen) atoms. The van der Waals surface area contributed by atoms with Gasteiger partial charge in [-0.1, -0.05) is 6.07 Å². The maximum absolute atomic E-state index is 11.8. The van der Waals surface area contributed by atoms with Gasteiger partial charge in [0.05, 0.1) is 6.42 Å². The standard InChI is InChI=1S/C10H15N3OS/c11-13-5-3-12(4-6-13)10(14)8-9-2-1-7-15-9/h1-2,7H,3-6,8,11H2. The minimum absolute atomic E-state index is 0.213. The van der Waals surface area contributed by atoms with Gasteiger partial charge in [-0.25, -0.2) is 5.01 Å². The lowest BCUT2D eigenvalue weighted by atomic mass is 10.2. The number of carbonyl (C=O) groups excluding carboxylic acids is 1. The highest BCUT2D eigenvalue weighted by Gasteiger charge is 2.19. The number of nitrogens with zero attached hydrogens (tertiary/aromatic N) is 2. The number of hydrazine groups is 1. The molecule has 1 amide bonds. The van der Waals surface area contributed by atoms with Gasteiger partial charge in [-0.05, 0) is 11.4 Å². The lowest BCUT2D eigenvalue weighted by molar-refractivity contribution is -0.132. The second-order valence-electron chi connectivity index (χ2n) is 3.67. The maximum atomic E-state index is 11.8. The van der Waals surface area contributed by atoms with Gasteiger partial charge in [-0.15, -0.1) is 11.3 Å². The molecule has 0 spiro atoms. The van der Waals surface area contributed by atoms with Crippen LogP contribution in [0, 0.1) is 0 Å². The van der Waals surface area contributed by atoms with E-state index in [-0.39, 0.29) is 5.91 Å². The van der Waals surface area contributed by atoms with Gasteiger partial charge in [0.25, 0.3) is 0 Å². The highest BCUT2D eigenvalue weighted by Crippen LogP contribution is 2.11. The van der Waals surface area contributed by atoms with Crippen molar-refractivity contribution in [2.24, 2.45) is 5.84 Å². The first-order chi connectivity index (χ1) is 7.25. The molecule has 0 saturated carbocycles. The van der Waals surface area contributed by atoms with Gasteiger partial charge in [-0.3, -0.25) is 10.6 Å². The van der Waals surface area contributed by atoms with Gasteiger partial charge in [0.15, 0.2) is 0 Å². The van der Waals surface area contributed by atoms with Gasteiger partial charge >= 0.3 is 0 Å². The highest BCUT2D eigenvalue weighted by atomic mass is 32.1. The van der Waals surface area contributed by atoms with Crippen molar-refractivity contribution in [3.63, 3.8) is 0 Å². The summed E-state index contributed by atoms with van der Waals surface area (Å²) < 4.78 is 0. The molecule has 0 bridgehead atoms. The summed E-state index contributed by atoms with van der Waals surface area (Å²) in [4.78, 5) is 14.9. The van der Waals surface area contributed by atoms with E-state index in [1.54, 1.807) is 16.3 Å². The molecule has 1 aliphatic heterocycles. The number of thiophene rings is 1. The highest BCUT2D eigenvalue weighted by molar-refractivity contribution is 7.10. The smallest absolute Gasteiger partial charge is 0.227 e. The molecule has 4 nitrogen and oxygen atoms in total. The summed E-state index contributed by atoms with van der Waals surface area (Å²) in [6, 6.07) is 3.98. The molecule has 82 valence electrons. The molecule has 0 atom stereocenters. The number of amides is 1. The Kier molecular flexibility index (Phi) is 3.35. The van der Waals surface area contributed by atoms with Crippen molar-refractivity contribution in [2.75, 3.05) is 26.2 Å². The number of hydrogen-bond acceptors (Lipinski definition) is 4. The zero-order valence-electron chi connectivity index (χ0n) is 8.56. The molecule has 1 fully saturated rings. The number of carbonyl (C=O) groups is 1. The largest absolute Gasteiger partial charge is 0.340 e. The van der Waals surface area contributed by atoms with Crippen LogP contribution < -0.4 is 5.84 Å². The summed E-state index contributed by atoms with van der Waals surface area (Å²) >= 11 is 1.63. The van der Waals surface area contributed by atoms with Crippen molar-refractivity contribution >= 4 is 17.2 Å². The zero-order chi connectivity index (χ0) is 10.7. The fourth-order valence-corrected chi connectivity index (χ4v) is 2.34. The van der Waals surface area contributed by atoms with Crippen LogP contribution in [-0.4, -0.2) is 42.0 Å². The van der Waals surface area contributed by atoms with Crippen LogP contribution in [0.5, 0.6) is 0 Å². The molecule has 5 heteroatoms. The van der Waals surface area contributed by atoms with E-state index in [9.17, 15) is 4.79 Å². The summed E-state index contributed by atoms with van der Waals surface area (Å²) in [7, 11) is 0. The van der Waals surface area contributed by atoms with E-state index < -0.39 is 0 Å². The molecule has 0 radical (unpaired) electrons. The molecule has 1 aromatic heterocycles. The van der Waals surface area contributed by atoms with Gasteiger partial charge in [-0.2, -0.15) is 0 Å². The van der Waals surface area contributed by atoms with Crippen molar-refractivity contribution in [3.8, 4) is 0 Å². The van der Waals surface area contributed by atoms with Gasteiger partial charge in [0, 0.05) is 31.1 Å². The molecular formula is C10H15N3OS. The number of piperazine rings is 1. The van der Waals surface area contributed by atoms with Crippen LogP contribution in [0.4, 0.5) is 0 Å². The Morgan fingerprint density at radius 1 is 1.40 bits per heavy atom. The minimum Gasteiger partial charge on any atom is -0.340 e. The topological polar surface area (TPSA) is 49.6 Å². The first-order valence-electron chi connectivity index (χ1n) is 5.05. The molecular weight excluding hydrogens is 210 g/mol.